The Morgan fingerprint density at radius 2 is 2.29 bits per heavy atom. The summed E-state index contributed by atoms with van der Waals surface area (Å²) in [4.78, 5) is 21.6. The summed E-state index contributed by atoms with van der Waals surface area (Å²) in [7, 11) is 0. The summed E-state index contributed by atoms with van der Waals surface area (Å²) in [6, 6.07) is 0. The molecule has 0 amide bonds. The van der Waals surface area contributed by atoms with Crippen LogP contribution in [0.5, 0.6) is 0 Å². The third-order valence-corrected chi connectivity index (χ3v) is 2.18. The highest BCUT2D eigenvalue weighted by Gasteiger charge is 2.17. The predicted molar refractivity (Wildman–Crippen MR) is 49.7 cm³/mol. The van der Waals surface area contributed by atoms with Crippen molar-refractivity contribution in [3.8, 4) is 0 Å². The second-order valence-electron chi connectivity index (χ2n) is 3.43. The number of esters is 1. The Labute approximate surface area is 82.6 Å². The fourth-order valence-electron chi connectivity index (χ4n) is 1.37. The molecular formula is C10H14O4. The molecule has 78 valence electrons. The minimum absolute atomic E-state index is 0.227. The van der Waals surface area contributed by atoms with Gasteiger partial charge in [-0.3, -0.25) is 4.79 Å². The van der Waals surface area contributed by atoms with E-state index in [-0.39, 0.29) is 17.6 Å². The van der Waals surface area contributed by atoms with Crippen LogP contribution in [0, 0.1) is 0 Å². The molecule has 1 atom stereocenters. The number of hydrogen-bond acceptors (Lipinski definition) is 3. The van der Waals surface area contributed by atoms with Crippen molar-refractivity contribution in [3.63, 3.8) is 0 Å². The van der Waals surface area contributed by atoms with E-state index in [2.05, 4.69) is 0 Å². The van der Waals surface area contributed by atoms with Crippen LogP contribution in [-0.4, -0.2) is 23.1 Å². The van der Waals surface area contributed by atoms with Gasteiger partial charge in [-0.25, -0.2) is 4.79 Å². The number of carbonyl (C=O) groups is 2. The first-order valence-corrected chi connectivity index (χ1v) is 4.71. The lowest BCUT2D eigenvalue weighted by molar-refractivity contribution is -0.146. The van der Waals surface area contributed by atoms with E-state index in [1.54, 1.807) is 0 Å². The van der Waals surface area contributed by atoms with Gasteiger partial charge in [-0.1, -0.05) is 0 Å². The van der Waals surface area contributed by atoms with E-state index in [4.69, 9.17) is 9.84 Å². The Kier molecular flexibility index (Phi) is 3.68. The van der Waals surface area contributed by atoms with Crippen LogP contribution in [0.25, 0.3) is 0 Å². The normalized spacial score (nSPS) is 23.9. The molecule has 1 aliphatic rings. The number of aliphatic carboxylic acids is 1. The number of hydrogen-bond donors (Lipinski definition) is 1. The molecule has 14 heavy (non-hydrogen) atoms. The average molecular weight is 198 g/mol. The molecule has 0 aromatic heterocycles. The van der Waals surface area contributed by atoms with Crippen molar-refractivity contribution in [2.24, 2.45) is 0 Å². The second-order valence-corrected chi connectivity index (χ2v) is 3.43. The van der Waals surface area contributed by atoms with Crippen LogP contribution < -0.4 is 0 Å². The van der Waals surface area contributed by atoms with Crippen LogP contribution in [0.15, 0.2) is 11.6 Å². The monoisotopic (exact) mass is 198 g/mol. The zero-order chi connectivity index (χ0) is 10.6. The minimum atomic E-state index is -0.967. The Morgan fingerprint density at radius 3 is 2.93 bits per heavy atom. The summed E-state index contributed by atoms with van der Waals surface area (Å²) in [5.74, 6) is -1.20. The maximum absolute atomic E-state index is 11.0. The number of carbonyl (C=O) groups excluding carboxylic acids is 1. The molecule has 1 heterocycles. The highest BCUT2D eigenvalue weighted by molar-refractivity contribution is 5.85. The third kappa shape index (κ3) is 3.20. The van der Waals surface area contributed by atoms with Gasteiger partial charge < -0.3 is 9.84 Å². The number of cyclic esters (lactones) is 1. The van der Waals surface area contributed by atoms with E-state index in [1.165, 1.54) is 13.0 Å². The van der Waals surface area contributed by atoms with Gasteiger partial charge in [-0.15, -0.1) is 0 Å². The fraction of sp³-hybridized carbons (Fsp3) is 0.600. The van der Waals surface area contributed by atoms with Crippen LogP contribution in [0.1, 0.15) is 32.6 Å². The van der Waals surface area contributed by atoms with Crippen LogP contribution in [0.3, 0.4) is 0 Å². The lowest BCUT2D eigenvalue weighted by Gasteiger charge is -2.10. The van der Waals surface area contributed by atoms with Gasteiger partial charge in [-0.05, 0) is 32.3 Å². The van der Waals surface area contributed by atoms with Gasteiger partial charge in [0.1, 0.15) is 6.10 Å². The van der Waals surface area contributed by atoms with Gasteiger partial charge in [0.2, 0.25) is 0 Å². The topological polar surface area (TPSA) is 63.6 Å². The molecule has 1 N–H and O–H groups in total. The Morgan fingerprint density at radius 1 is 1.57 bits per heavy atom. The van der Waals surface area contributed by atoms with Gasteiger partial charge in [-0.2, -0.15) is 0 Å². The average Bonchev–Trinajstić information content (AvgIpc) is 2.29. The first-order valence-electron chi connectivity index (χ1n) is 4.71. The van der Waals surface area contributed by atoms with Gasteiger partial charge in [0.15, 0.2) is 0 Å². The van der Waals surface area contributed by atoms with Crippen molar-refractivity contribution in [1.82, 2.24) is 0 Å². The molecule has 0 spiro atoms. The van der Waals surface area contributed by atoms with Gasteiger partial charge in [0.25, 0.3) is 0 Å². The molecule has 0 bridgehead atoms. The van der Waals surface area contributed by atoms with Crippen molar-refractivity contribution in [2.75, 3.05) is 0 Å². The van der Waals surface area contributed by atoms with Crippen molar-refractivity contribution in [3.05, 3.63) is 11.6 Å². The Bertz CT molecular complexity index is 267. The summed E-state index contributed by atoms with van der Waals surface area (Å²) in [6.45, 7) is 1.50. The maximum atomic E-state index is 11.0. The number of rotatable bonds is 2. The van der Waals surface area contributed by atoms with Crippen LogP contribution in [0.4, 0.5) is 0 Å². The van der Waals surface area contributed by atoms with Crippen molar-refractivity contribution < 1.29 is 19.4 Å². The van der Waals surface area contributed by atoms with Gasteiger partial charge in [0, 0.05) is 12.0 Å². The van der Waals surface area contributed by atoms with Gasteiger partial charge in [0.05, 0.1) is 0 Å². The zero-order valence-corrected chi connectivity index (χ0v) is 8.16. The summed E-state index contributed by atoms with van der Waals surface area (Å²) < 4.78 is 5.05. The van der Waals surface area contributed by atoms with E-state index in [0.717, 1.165) is 19.3 Å². The van der Waals surface area contributed by atoms with E-state index in [9.17, 15) is 9.59 Å². The van der Waals surface area contributed by atoms with Crippen LogP contribution in [0.2, 0.25) is 0 Å². The lowest BCUT2D eigenvalue weighted by Crippen LogP contribution is -2.14. The third-order valence-electron chi connectivity index (χ3n) is 2.18. The van der Waals surface area contributed by atoms with E-state index in [0.29, 0.717) is 6.42 Å². The Hall–Kier alpha value is -1.32. The maximum Gasteiger partial charge on any atom is 0.331 e. The van der Waals surface area contributed by atoms with E-state index < -0.39 is 5.97 Å². The molecule has 0 saturated carbocycles. The van der Waals surface area contributed by atoms with Crippen LogP contribution >= 0.6 is 0 Å². The summed E-state index contributed by atoms with van der Waals surface area (Å²) in [6.07, 6.45) is 4.04. The first-order chi connectivity index (χ1) is 6.59. The molecule has 0 aromatic rings. The summed E-state index contributed by atoms with van der Waals surface area (Å²) >= 11 is 0. The van der Waals surface area contributed by atoms with Crippen LogP contribution in [-0.2, 0) is 14.3 Å². The molecule has 4 heteroatoms. The van der Waals surface area contributed by atoms with Crippen molar-refractivity contribution in [2.45, 2.75) is 38.7 Å². The molecule has 1 rings (SSSR count). The highest BCUT2D eigenvalue weighted by Crippen LogP contribution is 2.16. The number of ether oxygens (including phenoxy) is 1. The van der Waals surface area contributed by atoms with Crippen molar-refractivity contribution in [1.29, 1.82) is 0 Å². The smallest absolute Gasteiger partial charge is 0.331 e. The largest absolute Gasteiger partial charge is 0.478 e. The first kappa shape index (κ1) is 10.8. The summed E-state index contributed by atoms with van der Waals surface area (Å²) in [5.41, 5.74) is 0.227. The molecule has 1 fully saturated rings. The second kappa shape index (κ2) is 4.79. The number of carboxylic acids is 1. The summed E-state index contributed by atoms with van der Waals surface area (Å²) in [5, 5.41) is 8.64. The standard InChI is InChI=1S/C10H14O4/c1-7(10(12)13)6-8-4-2-3-5-9(11)14-8/h6,8H,2-5H2,1H3,(H,12,13). The zero-order valence-electron chi connectivity index (χ0n) is 8.16. The minimum Gasteiger partial charge on any atom is -0.478 e. The molecule has 1 saturated heterocycles. The van der Waals surface area contributed by atoms with Crippen molar-refractivity contribution >= 4 is 11.9 Å². The molecule has 0 aromatic carbocycles. The molecule has 4 nitrogen and oxygen atoms in total. The SMILES string of the molecule is CC(=CC1CCCCC(=O)O1)C(=O)O. The molecule has 0 aliphatic carbocycles. The molecule has 1 unspecified atom stereocenters. The lowest BCUT2D eigenvalue weighted by atomic mass is 10.1. The Balaban J connectivity index is 2.62. The highest BCUT2D eigenvalue weighted by atomic mass is 16.5. The van der Waals surface area contributed by atoms with E-state index in [1.807, 2.05) is 0 Å². The quantitative estimate of drug-likeness (QED) is 0.539. The molecule has 0 radical (unpaired) electrons. The van der Waals surface area contributed by atoms with Gasteiger partial charge >= 0.3 is 11.9 Å². The van der Waals surface area contributed by atoms with E-state index >= 15 is 0 Å². The fourth-order valence-corrected chi connectivity index (χ4v) is 1.37. The molecule has 1 aliphatic heterocycles. The number of carboxylic acid groups (broad SMARTS) is 1. The molecular weight excluding hydrogens is 184 g/mol. The predicted octanol–water partition coefficient (Wildman–Crippen LogP) is 1.50.